The van der Waals surface area contributed by atoms with Crippen LogP contribution in [0.2, 0.25) is 0 Å². The van der Waals surface area contributed by atoms with Gasteiger partial charge in [-0.2, -0.15) is 0 Å². The number of methoxy groups -OCH3 is 1. The summed E-state index contributed by atoms with van der Waals surface area (Å²) in [5, 5.41) is -0.0204. The quantitative estimate of drug-likeness (QED) is 0.814. The first-order valence-corrected chi connectivity index (χ1v) is 8.72. The molecule has 1 aliphatic rings. The Labute approximate surface area is 141 Å². The van der Waals surface area contributed by atoms with E-state index in [0.29, 0.717) is 19.7 Å². The number of fused-ring (bicyclic) bond motifs is 1. The molecule has 1 aliphatic heterocycles. The zero-order valence-electron chi connectivity index (χ0n) is 13.3. The fourth-order valence-corrected chi connectivity index (χ4v) is 4.08. The Morgan fingerprint density at radius 1 is 1.17 bits per heavy atom. The number of thioether (sulfide) groups is 1. The third-order valence-electron chi connectivity index (χ3n) is 4.02. The van der Waals surface area contributed by atoms with Gasteiger partial charge in [-0.05, 0) is 23.6 Å². The molecule has 0 N–H and O–H groups in total. The molecule has 1 heterocycles. The summed E-state index contributed by atoms with van der Waals surface area (Å²) in [6.07, 6.45) is 0.817. The molecule has 1 unspecified atom stereocenters. The summed E-state index contributed by atoms with van der Waals surface area (Å²) >= 11 is 1.68. The minimum atomic E-state index is -0.0204. The van der Waals surface area contributed by atoms with Crippen molar-refractivity contribution >= 4 is 17.7 Å². The number of carbonyl (C=O) groups excluding carboxylic acids is 1. The van der Waals surface area contributed by atoms with E-state index in [1.165, 1.54) is 10.5 Å². The lowest BCUT2D eigenvalue weighted by atomic mass is 10.1. The van der Waals surface area contributed by atoms with Crippen LogP contribution in [-0.2, 0) is 22.5 Å². The van der Waals surface area contributed by atoms with Gasteiger partial charge in [0, 0.05) is 25.1 Å². The zero-order valence-corrected chi connectivity index (χ0v) is 14.1. The summed E-state index contributed by atoms with van der Waals surface area (Å²) in [6.45, 7) is 1.82. The molecule has 3 rings (SSSR count). The first-order chi connectivity index (χ1) is 11.3. The van der Waals surface area contributed by atoms with Crippen LogP contribution in [0.1, 0.15) is 11.1 Å². The largest absolute Gasteiger partial charge is 0.383 e. The number of hydrogen-bond acceptors (Lipinski definition) is 3. The van der Waals surface area contributed by atoms with Crippen molar-refractivity contribution in [1.29, 1.82) is 0 Å². The summed E-state index contributed by atoms with van der Waals surface area (Å²) < 4.78 is 5.18. The van der Waals surface area contributed by atoms with Crippen LogP contribution in [0.4, 0.5) is 0 Å². The fourth-order valence-electron chi connectivity index (χ4n) is 2.80. The monoisotopic (exact) mass is 327 g/mol. The minimum Gasteiger partial charge on any atom is -0.383 e. The molecular weight excluding hydrogens is 306 g/mol. The second kappa shape index (κ2) is 7.66. The summed E-state index contributed by atoms with van der Waals surface area (Å²) in [7, 11) is 1.67. The molecule has 3 nitrogen and oxygen atoms in total. The number of carbonyl (C=O) groups is 1. The molecule has 0 fully saturated rings. The summed E-state index contributed by atoms with van der Waals surface area (Å²) in [5.74, 6) is 0.201. The molecule has 23 heavy (non-hydrogen) atoms. The van der Waals surface area contributed by atoms with Crippen molar-refractivity contribution in [3.05, 3.63) is 65.7 Å². The van der Waals surface area contributed by atoms with E-state index in [1.807, 2.05) is 35.2 Å². The van der Waals surface area contributed by atoms with Gasteiger partial charge in [0.2, 0.25) is 5.91 Å². The predicted molar refractivity (Wildman–Crippen MR) is 93.5 cm³/mol. The lowest BCUT2D eigenvalue weighted by Gasteiger charge is -2.25. The van der Waals surface area contributed by atoms with Crippen LogP contribution in [0.15, 0.2) is 59.5 Å². The third-order valence-corrected chi connectivity index (χ3v) is 5.32. The van der Waals surface area contributed by atoms with Crippen LogP contribution in [0.25, 0.3) is 0 Å². The zero-order chi connectivity index (χ0) is 16.1. The number of hydrogen-bond donors (Lipinski definition) is 0. The molecule has 0 radical (unpaired) electrons. The highest BCUT2D eigenvalue weighted by atomic mass is 32.2. The van der Waals surface area contributed by atoms with Crippen LogP contribution in [0, 0.1) is 0 Å². The molecule has 1 atom stereocenters. The molecule has 1 amide bonds. The van der Waals surface area contributed by atoms with Crippen LogP contribution in [0.5, 0.6) is 0 Å². The highest BCUT2D eigenvalue weighted by Gasteiger charge is 2.31. The molecule has 4 heteroatoms. The Morgan fingerprint density at radius 2 is 1.91 bits per heavy atom. The van der Waals surface area contributed by atoms with Crippen molar-refractivity contribution in [3.8, 4) is 0 Å². The number of ether oxygens (including phenoxy) is 1. The predicted octanol–water partition coefficient (Wildman–Crippen LogP) is 3.38. The maximum atomic E-state index is 13.0. The molecule has 0 aromatic heterocycles. The van der Waals surface area contributed by atoms with E-state index in [2.05, 4.69) is 24.3 Å². The van der Waals surface area contributed by atoms with E-state index in [4.69, 9.17) is 4.74 Å². The standard InChI is InChI=1S/C19H21NO2S/c1-22-12-11-20(14-15-7-3-2-4-8-15)19(21)18-13-16-9-5-6-10-17(16)23-18/h2-10,18H,11-14H2,1H3. The minimum absolute atomic E-state index is 0.0204. The molecule has 2 aromatic rings. The van der Waals surface area contributed by atoms with E-state index in [0.717, 1.165) is 12.0 Å². The van der Waals surface area contributed by atoms with Gasteiger partial charge in [-0.1, -0.05) is 48.5 Å². The van der Waals surface area contributed by atoms with Gasteiger partial charge < -0.3 is 9.64 Å². The SMILES string of the molecule is COCCN(Cc1ccccc1)C(=O)C1Cc2ccccc2S1. The first-order valence-electron chi connectivity index (χ1n) is 7.84. The summed E-state index contributed by atoms with van der Waals surface area (Å²) in [5.41, 5.74) is 2.43. The Kier molecular flexibility index (Phi) is 5.36. The van der Waals surface area contributed by atoms with Crippen molar-refractivity contribution in [1.82, 2.24) is 4.90 Å². The third kappa shape index (κ3) is 3.95. The maximum Gasteiger partial charge on any atom is 0.236 e. The molecule has 2 aromatic carbocycles. The highest BCUT2D eigenvalue weighted by Crippen LogP contribution is 2.37. The topological polar surface area (TPSA) is 29.5 Å². The number of amides is 1. The number of benzene rings is 2. The van der Waals surface area contributed by atoms with Crippen molar-refractivity contribution in [2.24, 2.45) is 0 Å². The van der Waals surface area contributed by atoms with Crippen molar-refractivity contribution in [2.45, 2.75) is 23.1 Å². The smallest absolute Gasteiger partial charge is 0.236 e. The van der Waals surface area contributed by atoms with Crippen LogP contribution < -0.4 is 0 Å². The normalized spacial score (nSPS) is 16.1. The molecule has 0 bridgehead atoms. The maximum absolute atomic E-state index is 13.0. The van der Waals surface area contributed by atoms with Gasteiger partial charge in [-0.25, -0.2) is 0 Å². The molecule has 0 saturated heterocycles. The Bertz CT molecular complexity index is 634. The van der Waals surface area contributed by atoms with E-state index in [1.54, 1.807) is 18.9 Å². The summed E-state index contributed by atoms with van der Waals surface area (Å²) in [6, 6.07) is 18.4. The Balaban J connectivity index is 1.71. The van der Waals surface area contributed by atoms with Crippen LogP contribution in [0.3, 0.4) is 0 Å². The van der Waals surface area contributed by atoms with E-state index in [9.17, 15) is 4.79 Å². The lowest BCUT2D eigenvalue weighted by molar-refractivity contribution is -0.131. The van der Waals surface area contributed by atoms with Crippen molar-refractivity contribution in [3.63, 3.8) is 0 Å². The molecule has 120 valence electrons. The molecule has 0 spiro atoms. The lowest BCUT2D eigenvalue weighted by Crippen LogP contribution is -2.39. The second-order valence-electron chi connectivity index (χ2n) is 5.66. The van der Waals surface area contributed by atoms with Gasteiger partial charge in [0.1, 0.15) is 0 Å². The Hall–Kier alpha value is -1.78. The van der Waals surface area contributed by atoms with Gasteiger partial charge >= 0.3 is 0 Å². The Morgan fingerprint density at radius 3 is 2.65 bits per heavy atom. The second-order valence-corrected chi connectivity index (χ2v) is 6.90. The average Bonchev–Trinajstić information content (AvgIpc) is 3.03. The van der Waals surface area contributed by atoms with Gasteiger partial charge in [-0.3, -0.25) is 4.79 Å². The van der Waals surface area contributed by atoms with Gasteiger partial charge in [0.15, 0.2) is 0 Å². The van der Waals surface area contributed by atoms with Crippen molar-refractivity contribution < 1.29 is 9.53 Å². The van der Waals surface area contributed by atoms with Crippen LogP contribution >= 0.6 is 11.8 Å². The van der Waals surface area contributed by atoms with Gasteiger partial charge in [0.05, 0.1) is 11.9 Å². The van der Waals surface area contributed by atoms with E-state index < -0.39 is 0 Å². The van der Waals surface area contributed by atoms with Gasteiger partial charge in [-0.15, -0.1) is 11.8 Å². The van der Waals surface area contributed by atoms with E-state index in [-0.39, 0.29) is 11.2 Å². The van der Waals surface area contributed by atoms with Gasteiger partial charge in [0.25, 0.3) is 0 Å². The molecular formula is C19H21NO2S. The molecule has 0 saturated carbocycles. The number of nitrogens with zero attached hydrogens (tertiary/aromatic N) is 1. The van der Waals surface area contributed by atoms with E-state index >= 15 is 0 Å². The first kappa shape index (κ1) is 16.1. The van der Waals surface area contributed by atoms with Crippen molar-refractivity contribution in [2.75, 3.05) is 20.3 Å². The number of rotatable bonds is 6. The highest BCUT2D eigenvalue weighted by molar-refractivity contribution is 8.01. The van der Waals surface area contributed by atoms with Crippen LogP contribution in [-0.4, -0.2) is 36.3 Å². The molecule has 0 aliphatic carbocycles. The summed E-state index contributed by atoms with van der Waals surface area (Å²) in [4.78, 5) is 16.1. The fraction of sp³-hybridized carbons (Fsp3) is 0.316. The average molecular weight is 327 g/mol.